The smallest absolute Gasteiger partial charge is 0.237 e. The minimum absolute atomic E-state index is 0.0773. The molecule has 0 spiro atoms. The Morgan fingerprint density at radius 2 is 2.20 bits per heavy atom. The number of sulfone groups is 1. The molecule has 1 aliphatic heterocycles. The van der Waals surface area contributed by atoms with Gasteiger partial charge in [0.15, 0.2) is 9.84 Å². The maximum Gasteiger partial charge on any atom is 0.237 e. The molecule has 5 nitrogen and oxygen atoms in total. The van der Waals surface area contributed by atoms with Gasteiger partial charge in [-0.25, -0.2) is 8.42 Å². The summed E-state index contributed by atoms with van der Waals surface area (Å²) in [7, 11) is -3.25. The molecular formula is C9H17NO4S. The molecule has 1 saturated heterocycles. The third kappa shape index (κ3) is 3.79. The third-order valence-electron chi connectivity index (χ3n) is 2.65. The predicted molar refractivity (Wildman–Crippen MR) is 56.1 cm³/mol. The summed E-state index contributed by atoms with van der Waals surface area (Å²) in [5.41, 5.74) is 0. The highest BCUT2D eigenvalue weighted by Gasteiger charge is 2.30. The molecule has 0 aromatic heterocycles. The van der Waals surface area contributed by atoms with Crippen LogP contribution in [0.4, 0.5) is 0 Å². The van der Waals surface area contributed by atoms with Gasteiger partial charge >= 0.3 is 0 Å². The lowest BCUT2D eigenvalue weighted by molar-refractivity contribution is -0.127. The standard InChI is InChI=1S/C9H17NO4S/c1-7(11)8-3-4-10(5-8)9(12)6-15(2,13)14/h7-8,11H,3-6H2,1-2H3. The molecule has 1 N–H and O–H groups in total. The van der Waals surface area contributed by atoms with Crippen LogP contribution in [0.1, 0.15) is 13.3 Å². The van der Waals surface area contributed by atoms with E-state index in [1.165, 1.54) is 4.90 Å². The van der Waals surface area contributed by atoms with Crippen molar-refractivity contribution in [2.24, 2.45) is 5.92 Å². The molecule has 88 valence electrons. The van der Waals surface area contributed by atoms with Crippen LogP contribution in [0, 0.1) is 5.92 Å². The molecule has 0 radical (unpaired) electrons. The Kier molecular flexibility index (Phi) is 3.72. The van der Waals surface area contributed by atoms with Gasteiger partial charge in [0, 0.05) is 25.3 Å². The summed E-state index contributed by atoms with van der Waals surface area (Å²) in [4.78, 5) is 13.0. The average molecular weight is 235 g/mol. The second-order valence-corrected chi connectivity index (χ2v) is 6.34. The van der Waals surface area contributed by atoms with E-state index in [1.54, 1.807) is 6.92 Å². The lowest BCUT2D eigenvalue weighted by Crippen LogP contribution is -2.34. The zero-order valence-corrected chi connectivity index (χ0v) is 9.83. The van der Waals surface area contributed by atoms with Crippen molar-refractivity contribution < 1.29 is 18.3 Å². The molecule has 0 aliphatic carbocycles. The molecule has 0 bridgehead atoms. The molecule has 0 aromatic carbocycles. The number of likely N-dealkylation sites (tertiary alicyclic amines) is 1. The fourth-order valence-corrected chi connectivity index (χ4v) is 2.35. The second-order valence-electron chi connectivity index (χ2n) is 4.20. The summed E-state index contributed by atoms with van der Waals surface area (Å²) in [6.07, 6.45) is 1.35. The first-order valence-electron chi connectivity index (χ1n) is 4.93. The first kappa shape index (κ1) is 12.4. The van der Waals surface area contributed by atoms with Gasteiger partial charge in [0.25, 0.3) is 0 Å². The van der Waals surface area contributed by atoms with Crippen LogP contribution in [0.3, 0.4) is 0 Å². The number of aliphatic hydroxyl groups excluding tert-OH is 1. The topological polar surface area (TPSA) is 74.7 Å². The Bertz CT molecular complexity index is 336. The zero-order valence-electron chi connectivity index (χ0n) is 9.01. The van der Waals surface area contributed by atoms with Gasteiger partial charge in [-0.2, -0.15) is 0 Å². The lowest BCUT2D eigenvalue weighted by Gasteiger charge is -2.17. The van der Waals surface area contributed by atoms with Crippen molar-refractivity contribution in [3.05, 3.63) is 0 Å². The van der Waals surface area contributed by atoms with Gasteiger partial charge in [0.1, 0.15) is 5.75 Å². The summed E-state index contributed by atoms with van der Waals surface area (Å²) in [6, 6.07) is 0. The molecule has 1 aliphatic rings. The van der Waals surface area contributed by atoms with Crippen LogP contribution in [0.2, 0.25) is 0 Å². The molecule has 0 saturated carbocycles. The SMILES string of the molecule is CC(O)C1CCN(C(=O)CS(C)(=O)=O)C1. The molecule has 0 aromatic rings. The Hall–Kier alpha value is -0.620. The van der Waals surface area contributed by atoms with E-state index in [2.05, 4.69) is 0 Å². The number of hydrogen-bond donors (Lipinski definition) is 1. The maximum atomic E-state index is 11.5. The van der Waals surface area contributed by atoms with Crippen molar-refractivity contribution in [3.63, 3.8) is 0 Å². The Morgan fingerprint density at radius 1 is 1.60 bits per heavy atom. The number of aliphatic hydroxyl groups is 1. The average Bonchev–Trinajstić information content (AvgIpc) is 2.47. The predicted octanol–water partition coefficient (Wildman–Crippen LogP) is -0.740. The number of rotatable bonds is 3. The van der Waals surface area contributed by atoms with E-state index in [0.717, 1.165) is 12.7 Å². The zero-order chi connectivity index (χ0) is 11.6. The summed E-state index contributed by atoms with van der Waals surface area (Å²) in [5.74, 6) is -0.714. The summed E-state index contributed by atoms with van der Waals surface area (Å²) in [6.45, 7) is 2.70. The maximum absolute atomic E-state index is 11.5. The van der Waals surface area contributed by atoms with Crippen LogP contribution in [0.15, 0.2) is 0 Å². The van der Waals surface area contributed by atoms with Gasteiger partial charge in [-0.3, -0.25) is 4.79 Å². The van der Waals surface area contributed by atoms with E-state index in [4.69, 9.17) is 0 Å². The van der Waals surface area contributed by atoms with Crippen LogP contribution in [-0.4, -0.2) is 55.5 Å². The monoisotopic (exact) mass is 235 g/mol. The van der Waals surface area contributed by atoms with E-state index in [-0.39, 0.29) is 11.8 Å². The molecule has 15 heavy (non-hydrogen) atoms. The van der Waals surface area contributed by atoms with E-state index in [1.807, 2.05) is 0 Å². The molecule has 1 heterocycles. The second kappa shape index (κ2) is 4.49. The summed E-state index contributed by atoms with van der Waals surface area (Å²) < 4.78 is 21.8. The molecule has 1 amide bonds. The molecular weight excluding hydrogens is 218 g/mol. The Morgan fingerprint density at radius 3 is 2.60 bits per heavy atom. The third-order valence-corrected chi connectivity index (χ3v) is 3.42. The van der Waals surface area contributed by atoms with Crippen LogP contribution in [0.5, 0.6) is 0 Å². The van der Waals surface area contributed by atoms with Gasteiger partial charge in [-0.15, -0.1) is 0 Å². The highest BCUT2D eigenvalue weighted by molar-refractivity contribution is 7.91. The van der Waals surface area contributed by atoms with E-state index in [0.29, 0.717) is 13.1 Å². The molecule has 1 rings (SSSR count). The van der Waals surface area contributed by atoms with Crippen molar-refractivity contribution in [3.8, 4) is 0 Å². The van der Waals surface area contributed by atoms with Gasteiger partial charge in [0.05, 0.1) is 6.10 Å². The van der Waals surface area contributed by atoms with Crippen molar-refractivity contribution in [1.82, 2.24) is 4.90 Å². The fourth-order valence-electron chi connectivity index (χ4n) is 1.72. The highest BCUT2D eigenvalue weighted by atomic mass is 32.2. The lowest BCUT2D eigenvalue weighted by atomic mass is 10.0. The van der Waals surface area contributed by atoms with Crippen molar-refractivity contribution in [2.45, 2.75) is 19.4 Å². The minimum atomic E-state index is -3.25. The van der Waals surface area contributed by atoms with Crippen molar-refractivity contribution in [2.75, 3.05) is 25.1 Å². The van der Waals surface area contributed by atoms with Crippen molar-refractivity contribution >= 4 is 15.7 Å². The van der Waals surface area contributed by atoms with E-state index in [9.17, 15) is 18.3 Å². The van der Waals surface area contributed by atoms with Crippen LogP contribution in [-0.2, 0) is 14.6 Å². The summed E-state index contributed by atoms with van der Waals surface area (Å²) >= 11 is 0. The van der Waals surface area contributed by atoms with Gasteiger partial charge < -0.3 is 10.0 Å². The quantitative estimate of drug-likeness (QED) is 0.699. The summed E-state index contributed by atoms with van der Waals surface area (Å²) in [5, 5.41) is 9.33. The minimum Gasteiger partial charge on any atom is -0.393 e. The number of hydrogen-bond acceptors (Lipinski definition) is 4. The molecule has 2 unspecified atom stereocenters. The first-order chi connectivity index (χ1) is 6.79. The largest absolute Gasteiger partial charge is 0.393 e. The van der Waals surface area contributed by atoms with Gasteiger partial charge in [0.2, 0.25) is 5.91 Å². The molecule has 6 heteroatoms. The van der Waals surface area contributed by atoms with Crippen molar-refractivity contribution in [1.29, 1.82) is 0 Å². The fraction of sp³-hybridized carbons (Fsp3) is 0.889. The Balaban J connectivity index is 2.51. The highest BCUT2D eigenvalue weighted by Crippen LogP contribution is 2.19. The van der Waals surface area contributed by atoms with Crippen LogP contribution < -0.4 is 0 Å². The Labute approximate surface area is 90.0 Å². The van der Waals surface area contributed by atoms with Gasteiger partial charge in [-0.05, 0) is 13.3 Å². The first-order valence-corrected chi connectivity index (χ1v) is 6.99. The molecule has 1 fully saturated rings. The number of carbonyl (C=O) groups excluding carboxylic acids is 1. The van der Waals surface area contributed by atoms with E-state index >= 15 is 0 Å². The molecule has 2 atom stereocenters. The number of amides is 1. The van der Waals surface area contributed by atoms with Crippen LogP contribution >= 0.6 is 0 Å². The van der Waals surface area contributed by atoms with Crippen LogP contribution in [0.25, 0.3) is 0 Å². The van der Waals surface area contributed by atoms with Gasteiger partial charge in [-0.1, -0.05) is 0 Å². The normalized spacial score (nSPS) is 24.2. The number of carbonyl (C=O) groups is 1. The van der Waals surface area contributed by atoms with E-state index < -0.39 is 21.7 Å². The number of nitrogens with zero attached hydrogens (tertiary/aromatic N) is 1.